The van der Waals surface area contributed by atoms with Crippen molar-refractivity contribution in [3.63, 3.8) is 0 Å². The molecule has 0 aliphatic heterocycles. The van der Waals surface area contributed by atoms with Crippen LogP contribution in [0.5, 0.6) is 0 Å². The Morgan fingerprint density at radius 3 is 2.38 bits per heavy atom. The molecule has 0 fully saturated rings. The molecule has 2 aromatic carbocycles. The van der Waals surface area contributed by atoms with E-state index in [-0.39, 0.29) is 11.5 Å². The first-order valence-corrected chi connectivity index (χ1v) is 8.45. The fourth-order valence-corrected chi connectivity index (χ4v) is 2.77. The molecule has 7 heteroatoms. The number of anilines is 1. The molecule has 3 rings (SSSR count). The summed E-state index contributed by atoms with van der Waals surface area (Å²) in [6, 6.07) is 16.5. The molecule has 3 aromatic rings. The summed E-state index contributed by atoms with van der Waals surface area (Å²) in [4.78, 5) is 25.2. The number of rotatable bonds is 6. The first-order valence-electron chi connectivity index (χ1n) is 7.70. The van der Waals surface area contributed by atoms with Gasteiger partial charge >= 0.3 is 0 Å². The number of hydrogen-bond acceptors (Lipinski definition) is 4. The number of Topliss-reactive ketones (excluding diaryl/α,β-unsaturated/α-hetero) is 1. The number of nitrogens with one attached hydrogen (secondary N) is 2. The Morgan fingerprint density at radius 2 is 1.73 bits per heavy atom. The van der Waals surface area contributed by atoms with E-state index in [2.05, 4.69) is 10.6 Å². The number of halogens is 2. The van der Waals surface area contributed by atoms with E-state index in [1.807, 2.05) is 0 Å². The number of carbonyl (C=O) groups is 2. The summed E-state index contributed by atoms with van der Waals surface area (Å²) in [6.45, 7) is 0. The molecular weight excluding hydrogens is 375 g/mol. The molecule has 2 N–H and O–H groups in total. The van der Waals surface area contributed by atoms with Gasteiger partial charge in [-0.25, -0.2) is 0 Å². The van der Waals surface area contributed by atoms with Crippen LogP contribution in [0.25, 0.3) is 0 Å². The summed E-state index contributed by atoms with van der Waals surface area (Å²) in [5.41, 5.74) is 0.903. The van der Waals surface area contributed by atoms with Gasteiger partial charge in [0.05, 0.1) is 17.0 Å². The van der Waals surface area contributed by atoms with Crippen LogP contribution >= 0.6 is 23.2 Å². The van der Waals surface area contributed by atoms with Crippen LogP contribution in [0.15, 0.2) is 71.3 Å². The summed E-state index contributed by atoms with van der Waals surface area (Å²) < 4.78 is 5.08. The maximum atomic E-state index is 12.9. The smallest absolute Gasteiger partial charge is 0.288 e. The predicted molar refractivity (Wildman–Crippen MR) is 101 cm³/mol. The second-order valence-electron chi connectivity index (χ2n) is 5.38. The van der Waals surface area contributed by atoms with Gasteiger partial charge in [0.25, 0.3) is 5.91 Å². The lowest BCUT2D eigenvalue weighted by Gasteiger charge is -2.20. The number of ketones is 1. The van der Waals surface area contributed by atoms with Gasteiger partial charge < -0.3 is 15.1 Å². The van der Waals surface area contributed by atoms with Gasteiger partial charge in [-0.3, -0.25) is 9.59 Å². The molecule has 0 saturated heterocycles. The molecular formula is C19H14Cl2N2O3. The Kier molecular flexibility index (Phi) is 5.61. The van der Waals surface area contributed by atoms with E-state index < -0.39 is 12.1 Å². The molecule has 26 heavy (non-hydrogen) atoms. The zero-order valence-electron chi connectivity index (χ0n) is 13.4. The minimum atomic E-state index is -1.05. The van der Waals surface area contributed by atoms with Crippen molar-refractivity contribution < 1.29 is 14.0 Å². The van der Waals surface area contributed by atoms with Gasteiger partial charge in [0.2, 0.25) is 5.78 Å². The Hall–Kier alpha value is -2.76. The van der Waals surface area contributed by atoms with Crippen molar-refractivity contribution in [2.24, 2.45) is 0 Å². The zero-order chi connectivity index (χ0) is 18.5. The van der Waals surface area contributed by atoms with Gasteiger partial charge in [0, 0.05) is 10.6 Å². The summed E-state index contributed by atoms with van der Waals surface area (Å²) >= 11 is 12.1. The fraction of sp³-hybridized carbons (Fsp3) is 0.0526. The molecule has 0 unspecified atom stereocenters. The van der Waals surface area contributed by atoms with Crippen LogP contribution in [-0.2, 0) is 0 Å². The molecule has 132 valence electrons. The summed E-state index contributed by atoms with van der Waals surface area (Å²) in [5, 5.41) is 6.37. The number of carbonyl (C=O) groups excluding carboxylic acids is 2. The maximum Gasteiger partial charge on any atom is 0.288 e. The highest BCUT2D eigenvalue weighted by atomic mass is 35.5. The van der Waals surface area contributed by atoms with Crippen molar-refractivity contribution in [2.45, 2.75) is 6.17 Å². The van der Waals surface area contributed by atoms with E-state index in [1.165, 1.54) is 12.3 Å². The van der Waals surface area contributed by atoms with E-state index in [1.54, 1.807) is 54.6 Å². The molecule has 0 aliphatic rings. The quantitative estimate of drug-likeness (QED) is 0.476. The second kappa shape index (κ2) is 8.08. The van der Waals surface area contributed by atoms with Crippen LogP contribution in [0.4, 0.5) is 5.69 Å². The van der Waals surface area contributed by atoms with Gasteiger partial charge in [0.15, 0.2) is 11.9 Å². The third-order valence-electron chi connectivity index (χ3n) is 3.57. The molecule has 1 aromatic heterocycles. The van der Waals surface area contributed by atoms with Crippen molar-refractivity contribution in [1.29, 1.82) is 0 Å². The molecule has 0 bridgehead atoms. The van der Waals surface area contributed by atoms with Crippen molar-refractivity contribution in [3.05, 3.63) is 88.3 Å². The van der Waals surface area contributed by atoms with Gasteiger partial charge in [-0.05, 0) is 30.3 Å². The SMILES string of the molecule is O=C(N[C@H](Nc1ccc(Cl)cc1Cl)C(=O)c1ccccc1)c1ccco1. The van der Waals surface area contributed by atoms with Gasteiger partial charge in [-0.2, -0.15) is 0 Å². The molecule has 0 saturated carbocycles. The van der Waals surface area contributed by atoms with E-state index >= 15 is 0 Å². The minimum absolute atomic E-state index is 0.0971. The van der Waals surface area contributed by atoms with Crippen molar-refractivity contribution in [1.82, 2.24) is 5.32 Å². The lowest BCUT2D eigenvalue weighted by atomic mass is 10.1. The lowest BCUT2D eigenvalue weighted by Crippen LogP contribution is -2.46. The van der Waals surface area contributed by atoms with Gasteiger partial charge in [0.1, 0.15) is 0 Å². The highest BCUT2D eigenvalue weighted by molar-refractivity contribution is 6.36. The molecule has 1 amide bonds. The first kappa shape index (κ1) is 18.0. The molecule has 0 aliphatic carbocycles. The van der Waals surface area contributed by atoms with Crippen LogP contribution in [0.2, 0.25) is 10.0 Å². The highest BCUT2D eigenvalue weighted by Crippen LogP contribution is 2.26. The summed E-state index contributed by atoms with van der Waals surface area (Å²) in [7, 11) is 0. The average Bonchev–Trinajstić information content (AvgIpc) is 3.18. The highest BCUT2D eigenvalue weighted by Gasteiger charge is 2.24. The predicted octanol–water partition coefficient (Wildman–Crippen LogP) is 4.64. The Morgan fingerprint density at radius 1 is 0.962 bits per heavy atom. The van der Waals surface area contributed by atoms with E-state index in [0.717, 1.165) is 0 Å². The average molecular weight is 389 g/mol. The van der Waals surface area contributed by atoms with Gasteiger partial charge in [-0.15, -0.1) is 0 Å². The zero-order valence-corrected chi connectivity index (χ0v) is 14.9. The van der Waals surface area contributed by atoms with Crippen molar-refractivity contribution in [2.75, 3.05) is 5.32 Å². The molecule has 1 atom stereocenters. The van der Waals surface area contributed by atoms with Crippen molar-refractivity contribution >= 4 is 40.6 Å². The Labute approximate surface area is 159 Å². The first-order chi connectivity index (χ1) is 12.5. The standard InChI is InChI=1S/C19H14Cl2N2O3/c20-13-8-9-15(14(21)11-13)22-18(17(24)12-5-2-1-3-6-12)23-19(25)16-7-4-10-26-16/h1-11,18,22H,(H,23,25)/t18-/m0/s1. The maximum absolute atomic E-state index is 12.9. The number of hydrogen-bond donors (Lipinski definition) is 2. The number of amides is 1. The molecule has 0 spiro atoms. The summed E-state index contributed by atoms with van der Waals surface area (Å²) in [5.74, 6) is -0.752. The molecule has 1 heterocycles. The third-order valence-corrected chi connectivity index (χ3v) is 4.12. The monoisotopic (exact) mass is 388 g/mol. The second-order valence-corrected chi connectivity index (χ2v) is 6.23. The number of benzene rings is 2. The summed E-state index contributed by atoms with van der Waals surface area (Å²) in [6.07, 6.45) is 0.334. The van der Waals surface area contributed by atoms with Gasteiger partial charge in [-0.1, -0.05) is 53.5 Å². The Bertz CT molecular complexity index is 912. The van der Waals surface area contributed by atoms with Crippen LogP contribution in [-0.4, -0.2) is 17.9 Å². The van der Waals surface area contributed by atoms with E-state index in [0.29, 0.717) is 21.3 Å². The van der Waals surface area contributed by atoms with Crippen LogP contribution < -0.4 is 10.6 Å². The lowest BCUT2D eigenvalue weighted by molar-refractivity contribution is 0.0853. The fourth-order valence-electron chi connectivity index (χ4n) is 2.31. The van der Waals surface area contributed by atoms with Crippen LogP contribution in [0.1, 0.15) is 20.9 Å². The third kappa shape index (κ3) is 4.25. The molecule has 5 nitrogen and oxygen atoms in total. The largest absolute Gasteiger partial charge is 0.459 e. The molecule has 0 radical (unpaired) electrons. The van der Waals surface area contributed by atoms with Crippen molar-refractivity contribution in [3.8, 4) is 0 Å². The van der Waals surface area contributed by atoms with Crippen LogP contribution in [0, 0.1) is 0 Å². The number of furan rings is 1. The van der Waals surface area contributed by atoms with E-state index in [9.17, 15) is 9.59 Å². The Balaban J connectivity index is 1.87. The van der Waals surface area contributed by atoms with Crippen LogP contribution in [0.3, 0.4) is 0 Å². The minimum Gasteiger partial charge on any atom is -0.459 e. The van der Waals surface area contributed by atoms with E-state index in [4.69, 9.17) is 27.6 Å². The topological polar surface area (TPSA) is 71.3 Å². The normalized spacial score (nSPS) is 11.6.